The van der Waals surface area contributed by atoms with Crippen molar-refractivity contribution in [3.63, 3.8) is 0 Å². The van der Waals surface area contributed by atoms with Crippen LogP contribution in [0.4, 0.5) is 0 Å². The Hall–Kier alpha value is -2.36. The molecule has 2 rings (SSSR count). The normalized spacial score (nSPS) is 10.4. The molecule has 1 aromatic carbocycles. The van der Waals surface area contributed by atoms with Gasteiger partial charge in [0, 0.05) is 11.3 Å². The highest BCUT2D eigenvalue weighted by Gasteiger charge is 2.18. The SMILES string of the molecule is C=C(C(=O)O)c1c(C)nn(Cc2ccccc2)c1C. The summed E-state index contributed by atoms with van der Waals surface area (Å²) in [6.45, 7) is 7.91. The Morgan fingerprint density at radius 2 is 1.95 bits per heavy atom. The summed E-state index contributed by atoms with van der Waals surface area (Å²) in [5.74, 6) is -1.01. The lowest BCUT2D eigenvalue weighted by atomic mass is 10.1. The first-order valence-corrected chi connectivity index (χ1v) is 6.01. The zero-order valence-corrected chi connectivity index (χ0v) is 11.1. The maximum Gasteiger partial charge on any atom is 0.335 e. The number of rotatable bonds is 4. The molecule has 0 amide bonds. The third kappa shape index (κ3) is 2.57. The van der Waals surface area contributed by atoms with E-state index in [9.17, 15) is 4.79 Å². The van der Waals surface area contributed by atoms with E-state index in [2.05, 4.69) is 11.7 Å². The van der Waals surface area contributed by atoms with Crippen molar-refractivity contribution in [1.82, 2.24) is 9.78 Å². The molecular weight excluding hydrogens is 240 g/mol. The van der Waals surface area contributed by atoms with Gasteiger partial charge in [0.05, 0.1) is 17.8 Å². The standard InChI is InChI=1S/C15H16N2O2/c1-10(15(18)19)14-11(2)16-17(12(14)3)9-13-7-5-4-6-8-13/h4-8H,1,9H2,2-3H3,(H,18,19). The number of aromatic nitrogens is 2. The Morgan fingerprint density at radius 1 is 1.32 bits per heavy atom. The zero-order valence-electron chi connectivity index (χ0n) is 11.1. The fraction of sp³-hybridized carbons (Fsp3) is 0.200. The molecule has 0 unspecified atom stereocenters. The highest BCUT2D eigenvalue weighted by molar-refractivity contribution is 6.15. The van der Waals surface area contributed by atoms with E-state index in [4.69, 9.17) is 5.11 Å². The molecule has 98 valence electrons. The Kier molecular flexibility index (Phi) is 3.51. The van der Waals surface area contributed by atoms with Crippen LogP contribution in [0.25, 0.3) is 5.57 Å². The maximum atomic E-state index is 11.0. The van der Waals surface area contributed by atoms with Crippen molar-refractivity contribution in [3.8, 4) is 0 Å². The van der Waals surface area contributed by atoms with Crippen LogP contribution in [-0.4, -0.2) is 20.9 Å². The summed E-state index contributed by atoms with van der Waals surface area (Å²) >= 11 is 0. The molecule has 2 aromatic rings. The molecule has 0 aliphatic carbocycles. The third-order valence-corrected chi connectivity index (χ3v) is 3.12. The van der Waals surface area contributed by atoms with Gasteiger partial charge < -0.3 is 5.11 Å². The van der Waals surface area contributed by atoms with Gasteiger partial charge in [-0.25, -0.2) is 4.79 Å². The van der Waals surface area contributed by atoms with Gasteiger partial charge in [-0.2, -0.15) is 5.10 Å². The molecule has 0 saturated heterocycles. The van der Waals surface area contributed by atoms with Gasteiger partial charge in [-0.3, -0.25) is 4.68 Å². The van der Waals surface area contributed by atoms with Gasteiger partial charge in [-0.1, -0.05) is 36.9 Å². The zero-order chi connectivity index (χ0) is 14.0. The first-order chi connectivity index (χ1) is 9.00. The van der Waals surface area contributed by atoms with E-state index in [0.29, 0.717) is 17.8 Å². The van der Waals surface area contributed by atoms with Crippen molar-refractivity contribution in [2.75, 3.05) is 0 Å². The second kappa shape index (κ2) is 5.10. The van der Waals surface area contributed by atoms with E-state index in [1.807, 2.05) is 41.9 Å². The minimum absolute atomic E-state index is 0.0920. The van der Waals surface area contributed by atoms with Gasteiger partial charge in [0.25, 0.3) is 0 Å². The van der Waals surface area contributed by atoms with E-state index in [0.717, 1.165) is 11.3 Å². The predicted molar refractivity (Wildman–Crippen MR) is 73.9 cm³/mol. The summed E-state index contributed by atoms with van der Waals surface area (Å²) in [7, 11) is 0. The molecule has 0 saturated carbocycles. The van der Waals surface area contributed by atoms with Crippen LogP contribution >= 0.6 is 0 Å². The first kappa shape index (κ1) is 13.1. The van der Waals surface area contributed by atoms with Gasteiger partial charge in [-0.05, 0) is 19.4 Å². The molecule has 4 nitrogen and oxygen atoms in total. The van der Waals surface area contributed by atoms with Crippen molar-refractivity contribution >= 4 is 11.5 Å². The predicted octanol–water partition coefficient (Wildman–Crippen LogP) is 2.65. The van der Waals surface area contributed by atoms with E-state index >= 15 is 0 Å². The lowest BCUT2D eigenvalue weighted by Crippen LogP contribution is -2.05. The van der Waals surface area contributed by atoms with Crippen molar-refractivity contribution < 1.29 is 9.90 Å². The summed E-state index contributed by atoms with van der Waals surface area (Å²) in [5, 5.41) is 13.4. The average molecular weight is 256 g/mol. The summed E-state index contributed by atoms with van der Waals surface area (Å²) < 4.78 is 1.81. The van der Waals surface area contributed by atoms with Gasteiger partial charge in [0.2, 0.25) is 0 Å². The van der Waals surface area contributed by atoms with Crippen molar-refractivity contribution in [3.05, 3.63) is 59.4 Å². The number of carboxylic acids is 1. The van der Waals surface area contributed by atoms with Crippen LogP contribution in [0.3, 0.4) is 0 Å². The molecule has 0 atom stereocenters. The fourth-order valence-electron chi connectivity index (χ4n) is 2.15. The molecule has 1 aromatic heterocycles. The highest BCUT2D eigenvalue weighted by Crippen LogP contribution is 2.22. The quantitative estimate of drug-likeness (QED) is 0.855. The molecule has 0 fully saturated rings. The Balaban J connectivity index is 2.37. The van der Waals surface area contributed by atoms with Crippen LogP contribution in [0.1, 0.15) is 22.5 Å². The minimum atomic E-state index is -1.01. The topological polar surface area (TPSA) is 55.1 Å². The van der Waals surface area contributed by atoms with Gasteiger partial charge >= 0.3 is 5.97 Å². The van der Waals surface area contributed by atoms with E-state index in [1.165, 1.54) is 0 Å². The Labute approximate surface area is 112 Å². The lowest BCUT2D eigenvalue weighted by Gasteiger charge is -2.05. The minimum Gasteiger partial charge on any atom is -0.478 e. The average Bonchev–Trinajstić information content (AvgIpc) is 2.65. The van der Waals surface area contributed by atoms with Crippen LogP contribution in [0.2, 0.25) is 0 Å². The number of benzene rings is 1. The molecule has 0 aliphatic heterocycles. The molecule has 1 N–H and O–H groups in total. The molecule has 19 heavy (non-hydrogen) atoms. The van der Waals surface area contributed by atoms with E-state index in [1.54, 1.807) is 6.92 Å². The van der Waals surface area contributed by atoms with Crippen LogP contribution in [0, 0.1) is 13.8 Å². The first-order valence-electron chi connectivity index (χ1n) is 6.01. The van der Waals surface area contributed by atoms with Crippen molar-refractivity contribution in [1.29, 1.82) is 0 Å². The molecular formula is C15H16N2O2. The number of hydrogen-bond donors (Lipinski definition) is 1. The maximum absolute atomic E-state index is 11.0. The number of aryl methyl sites for hydroxylation is 1. The molecule has 4 heteroatoms. The monoisotopic (exact) mass is 256 g/mol. The van der Waals surface area contributed by atoms with Crippen molar-refractivity contribution in [2.24, 2.45) is 0 Å². The number of carbonyl (C=O) groups is 1. The van der Waals surface area contributed by atoms with Crippen LogP contribution < -0.4 is 0 Å². The smallest absolute Gasteiger partial charge is 0.335 e. The van der Waals surface area contributed by atoms with Gasteiger partial charge in [0.1, 0.15) is 0 Å². The second-order valence-corrected chi connectivity index (χ2v) is 4.47. The largest absolute Gasteiger partial charge is 0.478 e. The molecule has 0 spiro atoms. The van der Waals surface area contributed by atoms with Gasteiger partial charge in [-0.15, -0.1) is 0 Å². The molecule has 0 radical (unpaired) electrons. The highest BCUT2D eigenvalue weighted by atomic mass is 16.4. The molecule has 1 heterocycles. The van der Waals surface area contributed by atoms with Crippen LogP contribution in [0.15, 0.2) is 36.9 Å². The Bertz CT molecular complexity index is 627. The van der Waals surface area contributed by atoms with Crippen molar-refractivity contribution in [2.45, 2.75) is 20.4 Å². The van der Waals surface area contributed by atoms with Crippen LogP contribution in [-0.2, 0) is 11.3 Å². The number of aliphatic carboxylic acids is 1. The second-order valence-electron chi connectivity index (χ2n) is 4.47. The number of carboxylic acid groups (broad SMARTS) is 1. The fourth-order valence-corrected chi connectivity index (χ4v) is 2.15. The third-order valence-electron chi connectivity index (χ3n) is 3.12. The lowest BCUT2D eigenvalue weighted by molar-refractivity contribution is -0.130. The molecule has 0 bridgehead atoms. The summed E-state index contributed by atoms with van der Waals surface area (Å²) in [6, 6.07) is 9.93. The van der Waals surface area contributed by atoms with E-state index in [-0.39, 0.29) is 5.57 Å². The number of hydrogen-bond acceptors (Lipinski definition) is 2. The summed E-state index contributed by atoms with van der Waals surface area (Å²) in [6.07, 6.45) is 0. The summed E-state index contributed by atoms with van der Waals surface area (Å²) in [5.41, 5.74) is 3.37. The van der Waals surface area contributed by atoms with E-state index < -0.39 is 5.97 Å². The van der Waals surface area contributed by atoms with Gasteiger partial charge in [0.15, 0.2) is 0 Å². The number of nitrogens with zero attached hydrogens (tertiary/aromatic N) is 2. The molecule has 0 aliphatic rings. The Morgan fingerprint density at radius 3 is 2.53 bits per heavy atom. The van der Waals surface area contributed by atoms with Crippen LogP contribution in [0.5, 0.6) is 0 Å². The summed E-state index contributed by atoms with van der Waals surface area (Å²) in [4.78, 5) is 11.0.